The molecule has 0 unspecified atom stereocenters. The maximum atomic E-state index is 12.6. The molecule has 0 atom stereocenters. The van der Waals surface area contributed by atoms with E-state index in [2.05, 4.69) is 15.1 Å². The fourth-order valence-corrected chi connectivity index (χ4v) is 2.67. The highest BCUT2D eigenvalue weighted by Gasteiger charge is 2.22. The molecule has 0 radical (unpaired) electrons. The van der Waals surface area contributed by atoms with Gasteiger partial charge in [0.25, 0.3) is 5.91 Å². The van der Waals surface area contributed by atoms with Gasteiger partial charge in [0.2, 0.25) is 0 Å². The van der Waals surface area contributed by atoms with Crippen molar-refractivity contribution in [2.24, 2.45) is 0 Å². The van der Waals surface area contributed by atoms with E-state index in [-0.39, 0.29) is 18.3 Å². The van der Waals surface area contributed by atoms with Gasteiger partial charge >= 0.3 is 0 Å². The van der Waals surface area contributed by atoms with Crippen molar-refractivity contribution < 1.29 is 4.79 Å². The van der Waals surface area contributed by atoms with Gasteiger partial charge in [-0.25, -0.2) is 0 Å². The highest BCUT2D eigenvalue weighted by atomic mass is 35.5. The van der Waals surface area contributed by atoms with Crippen LogP contribution < -0.4 is 10.6 Å². The van der Waals surface area contributed by atoms with Gasteiger partial charge in [-0.1, -0.05) is 12.1 Å². The standard InChI is InChI=1S/C16H19N5O.ClH/c17-14-6-2-1-5-13(14)16(22)21-10-4-9-20(11-12-21)15-7-3-8-18-19-15;/h1-3,5-8H,4,9-12,17H2;1H. The molecule has 7 heteroatoms. The van der Waals surface area contributed by atoms with E-state index in [0.717, 1.165) is 31.9 Å². The Morgan fingerprint density at radius 1 is 1.04 bits per heavy atom. The molecule has 1 saturated heterocycles. The molecule has 1 aromatic heterocycles. The van der Waals surface area contributed by atoms with Crippen LogP contribution in [-0.4, -0.2) is 47.2 Å². The van der Waals surface area contributed by atoms with Crippen LogP contribution in [0.15, 0.2) is 42.6 Å². The minimum absolute atomic E-state index is 0. The van der Waals surface area contributed by atoms with Crippen LogP contribution in [-0.2, 0) is 0 Å². The van der Waals surface area contributed by atoms with Crippen molar-refractivity contribution in [3.8, 4) is 0 Å². The summed E-state index contributed by atoms with van der Waals surface area (Å²) in [6, 6.07) is 11.0. The number of carbonyl (C=O) groups is 1. The Kier molecular flexibility index (Phi) is 5.76. The summed E-state index contributed by atoms with van der Waals surface area (Å²) in [5.41, 5.74) is 7.02. The van der Waals surface area contributed by atoms with Crippen molar-refractivity contribution in [1.82, 2.24) is 15.1 Å². The molecule has 2 N–H and O–H groups in total. The van der Waals surface area contributed by atoms with Gasteiger partial charge < -0.3 is 15.5 Å². The van der Waals surface area contributed by atoms with Gasteiger partial charge in [0.05, 0.1) is 5.56 Å². The van der Waals surface area contributed by atoms with Gasteiger partial charge in [-0.2, -0.15) is 5.10 Å². The van der Waals surface area contributed by atoms with E-state index in [1.807, 2.05) is 29.2 Å². The number of benzene rings is 1. The predicted octanol–water partition coefficient (Wildman–Crippen LogP) is 1.83. The molecule has 1 amide bonds. The van der Waals surface area contributed by atoms with Crippen molar-refractivity contribution >= 4 is 29.8 Å². The van der Waals surface area contributed by atoms with E-state index in [9.17, 15) is 4.79 Å². The lowest BCUT2D eigenvalue weighted by Crippen LogP contribution is -2.35. The Morgan fingerprint density at radius 3 is 2.61 bits per heavy atom. The number of hydrogen-bond donors (Lipinski definition) is 1. The van der Waals surface area contributed by atoms with Gasteiger partial charge in [0.1, 0.15) is 0 Å². The zero-order valence-corrected chi connectivity index (χ0v) is 13.6. The third-order valence-corrected chi connectivity index (χ3v) is 3.86. The quantitative estimate of drug-likeness (QED) is 0.849. The van der Waals surface area contributed by atoms with Crippen LogP contribution in [0.1, 0.15) is 16.8 Å². The summed E-state index contributed by atoms with van der Waals surface area (Å²) in [5, 5.41) is 8.05. The number of amides is 1. The Morgan fingerprint density at radius 2 is 1.87 bits per heavy atom. The minimum atomic E-state index is -0.000837. The zero-order valence-electron chi connectivity index (χ0n) is 12.8. The Balaban J connectivity index is 0.00000192. The van der Waals surface area contributed by atoms with Crippen molar-refractivity contribution in [3.63, 3.8) is 0 Å². The summed E-state index contributed by atoms with van der Waals surface area (Å²) in [7, 11) is 0. The fourth-order valence-electron chi connectivity index (χ4n) is 2.67. The monoisotopic (exact) mass is 333 g/mol. The van der Waals surface area contributed by atoms with Crippen molar-refractivity contribution in [3.05, 3.63) is 48.2 Å². The number of carbonyl (C=O) groups excluding carboxylic acids is 1. The summed E-state index contributed by atoms with van der Waals surface area (Å²) >= 11 is 0. The van der Waals surface area contributed by atoms with Crippen LogP contribution in [0, 0.1) is 0 Å². The molecule has 0 aliphatic carbocycles. The van der Waals surface area contributed by atoms with Gasteiger partial charge in [0.15, 0.2) is 5.82 Å². The van der Waals surface area contributed by atoms with E-state index < -0.39 is 0 Å². The molecule has 2 aromatic rings. The number of rotatable bonds is 2. The molecular weight excluding hydrogens is 314 g/mol. The highest BCUT2D eigenvalue weighted by Crippen LogP contribution is 2.17. The van der Waals surface area contributed by atoms with Gasteiger partial charge in [-0.3, -0.25) is 4.79 Å². The second-order valence-corrected chi connectivity index (χ2v) is 5.30. The Bertz CT molecular complexity index is 652. The summed E-state index contributed by atoms with van der Waals surface area (Å²) in [6.07, 6.45) is 2.56. The second kappa shape index (κ2) is 7.78. The van der Waals surface area contributed by atoms with Gasteiger partial charge in [-0.15, -0.1) is 17.5 Å². The molecular formula is C16H20ClN5O. The number of hydrogen-bond acceptors (Lipinski definition) is 5. The number of halogens is 1. The third-order valence-electron chi connectivity index (χ3n) is 3.86. The van der Waals surface area contributed by atoms with E-state index in [1.165, 1.54) is 0 Å². The highest BCUT2D eigenvalue weighted by molar-refractivity contribution is 5.99. The maximum absolute atomic E-state index is 12.6. The first kappa shape index (κ1) is 17.0. The largest absolute Gasteiger partial charge is 0.398 e. The first-order valence-electron chi connectivity index (χ1n) is 7.42. The minimum Gasteiger partial charge on any atom is -0.398 e. The van der Waals surface area contributed by atoms with Crippen LogP contribution in [0.5, 0.6) is 0 Å². The molecule has 1 fully saturated rings. The van der Waals surface area contributed by atoms with Gasteiger partial charge in [0, 0.05) is 38.1 Å². The molecule has 23 heavy (non-hydrogen) atoms. The second-order valence-electron chi connectivity index (χ2n) is 5.30. The zero-order chi connectivity index (χ0) is 15.4. The van der Waals surface area contributed by atoms with Crippen LogP contribution in [0.25, 0.3) is 0 Å². The van der Waals surface area contributed by atoms with E-state index in [1.54, 1.807) is 18.3 Å². The SMILES string of the molecule is Cl.Nc1ccccc1C(=O)N1CCCN(c2cccnn2)CC1. The normalized spacial score (nSPS) is 14.8. The predicted molar refractivity (Wildman–Crippen MR) is 92.9 cm³/mol. The van der Waals surface area contributed by atoms with Gasteiger partial charge in [-0.05, 0) is 30.7 Å². The fraction of sp³-hybridized carbons (Fsp3) is 0.312. The first-order chi connectivity index (χ1) is 10.8. The molecule has 2 heterocycles. The number of nitrogen functional groups attached to an aromatic ring is 1. The van der Waals surface area contributed by atoms with Crippen LogP contribution in [0.4, 0.5) is 11.5 Å². The Labute approximate surface area is 141 Å². The number of nitrogens with zero attached hydrogens (tertiary/aromatic N) is 4. The molecule has 0 spiro atoms. The van der Waals surface area contributed by atoms with Crippen molar-refractivity contribution in [2.75, 3.05) is 36.8 Å². The first-order valence-corrected chi connectivity index (χ1v) is 7.42. The lowest BCUT2D eigenvalue weighted by Gasteiger charge is -2.22. The smallest absolute Gasteiger partial charge is 0.256 e. The summed E-state index contributed by atoms with van der Waals surface area (Å²) < 4.78 is 0. The summed E-state index contributed by atoms with van der Waals surface area (Å²) in [4.78, 5) is 16.6. The topological polar surface area (TPSA) is 75.4 Å². The molecule has 0 bridgehead atoms. The van der Waals surface area contributed by atoms with E-state index in [0.29, 0.717) is 17.8 Å². The van der Waals surface area contributed by atoms with Crippen molar-refractivity contribution in [2.45, 2.75) is 6.42 Å². The lowest BCUT2D eigenvalue weighted by molar-refractivity contribution is 0.0768. The number of anilines is 2. The summed E-state index contributed by atoms with van der Waals surface area (Å²) in [5.74, 6) is 0.857. The molecule has 3 rings (SSSR count). The number of nitrogens with two attached hydrogens (primary N) is 1. The summed E-state index contributed by atoms with van der Waals surface area (Å²) in [6.45, 7) is 3.00. The molecule has 1 aliphatic heterocycles. The molecule has 122 valence electrons. The lowest BCUT2D eigenvalue weighted by atomic mass is 10.1. The number of para-hydroxylation sites is 1. The maximum Gasteiger partial charge on any atom is 0.256 e. The average Bonchev–Trinajstić information content (AvgIpc) is 2.81. The molecule has 0 saturated carbocycles. The van der Waals surface area contributed by atoms with Crippen LogP contribution in [0.2, 0.25) is 0 Å². The van der Waals surface area contributed by atoms with E-state index >= 15 is 0 Å². The van der Waals surface area contributed by atoms with Crippen LogP contribution in [0.3, 0.4) is 0 Å². The third kappa shape index (κ3) is 3.90. The van der Waals surface area contributed by atoms with Crippen molar-refractivity contribution in [1.29, 1.82) is 0 Å². The average molecular weight is 334 g/mol. The number of aromatic nitrogens is 2. The molecule has 1 aromatic carbocycles. The molecule has 6 nitrogen and oxygen atoms in total. The van der Waals surface area contributed by atoms with Crippen LogP contribution >= 0.6 is 12.4 Å². The Hall–Kier alpha value is -2.34. The van der Waals surface area contributed by atoms with E-state index in [4.69, 9.17) is 5.73 Å². The molecule has 1 aliphatic rings.